The van der Waals surface area contributed by atoms with E-state index in [9.17, 15) is 5.11 Å². The van der Waals surface area contributed by atoms with Gasteiger partial charge in [-0.15, -0.1) is 0 Å². The van der Waals surface area contributed by atoms with Crippen LogP contribution in [0.25, 0.3) is 5.57 Å². The largest absolute Gasteiger partial charge is 0.392 e. The Morgan fingerprint density at radius 2 is 2.06 bits per heavy atom. The summed E-state index contributed by atoms with van der Waals surface area (Å²) in [7, 11) is 0. The maximum absolute atomic E-state index is 9.53. The average molecular weight is 234 g/mol. The molecule has 0 aliphatic heterocycles. The quantitative estimate of drug-likeness (QED) is 0.872. The zero-order valence-electron chi connectivity index (χ0n) is 10.8. The second-order valence-corrected chi connectivity index (χ2v) is 5.06. The molecule has 0 aromatic carbocycles. The molecule has 0 fully saturated rings. The van der Waals surface area contributed by atoms with Gasteiger partial charge in [-0.3, -0.25) is 4.68 Å². The lowest BCUT2D eigenvalue weighted by atomic mass is 10.0. The molecule has 0 atom stereocenters. The molecular formula is C14H22N2O. The van der Waals surface area contributed by atoms with E-state index in [1.165, 1.54) is 36.1 Å². The van der Waals surface area contributed by atoms with Gasteiger partial charge in [0.05, 0.1) is 12.3 Å². The van der Waals surface area contributed by atoms with E-state index in [4.69, 9.17) is 0 Å². The highest BCUT2D eigenvalue weighted by atomic mass is 16.3. The van der Waals surface area contributed by atoms with E-state index in [-0.39, 0.29) is 6.61 Å². The summed E-state index contributed by atoms with van der Waals surface area (Å²) >= 11 is 0. The minimum absolute atomic E-state index is 0.193. The van der Waals surface area contributed by atoms with Crippen LogP contribution in [0.2, 0.25) is 0 Å². The summed E-state index contributed by atoms with van der Waals surface area (Å²) in [6, 6.07) is 2.45. The third kappa shape index (κ3) is 2.60. The van der Waals surface area contributed by atoms with Crippen LogP contribution in [-0.2, 0) is 0 Å². The van der Waals surface area contributed by atoms with Gasteiger partial charge in [-0.25, -0.2) is 0 Å². The van der Waals surface area contributed by atoms with Gasteiger partial charge in [0, 0.05) is 12.2 Å². The van der Waals surface area contributed by atoms with Crippen LogP contribution < -0.4 is 0 Å². The van der Waals surface area contributed by atoms with Crippen LogP contribution in [0, 0.1) is 0 Å². The molecule has 0 radical (unpaired) electrons. The first kappa shape index (κ1) is 12.4. The lowest BCUT2D eigenvalue weighted by Crippen LogP contribution is -2.08. The zero-order valence-corrected chi connectivity index (χ0v) is 10.8. The van der Waals surface area contributed by atoms with Crippen molar-refractivity contribution in [3.63, 3.8) is 0 Å². The molecule has 1 heterocycles. The van der Waals surface area contributed by atoms with E-state index in [1.54, 1.807) is 0 Å². The highest BCUT2D eigenvalue weighted by Crippen LogP contribution is 2.31. The van der Waals surface area contributed by atoms with Crippen molar-refractivity contribution in [3.05, 3.63) is 23.5 Å². The fraction of sp³-hybridized carbons (Fsp3) is 0.643. The van der Waals surface area contributed by atoms with Crippen molar-refractivity contribution in [2.24, 2.45) is 0 Å². The second kappa shape index (κ2) is 5.50. The summed E-state index contributed by atoms with van der Waals surface area (Å²) in [5.74, 6) is 0. The van der Waals surface area contributed by atoms with Gasteiger partial charge in [-0.05, 0) is 56.7 Å². The molecule has 0 bridgehead atoms. The van der Waals surface area contributed by atoms with Gasteiger partial charge in [-0.2, -0.15) is 5.10 Å². The lowest BCUT2D eigenvalue weighted by molar-refractivity contribution is 0.326. The van der Waals surface area contributed by atoms with Gasteiger partial charge in [0.25, 0.3) is 0 Å². The maximum atomic E-state index is 9.53. The first-order chi connectivity index (χ1) is 8.24. The molecule has 17 heavy (non-hydrogen) atoms. The van der Waals surface area contributed by atoms with Gasteiger partial charge in [-0.1, -0.05) is 6.42 Å². The standard InChI is InChI=1S/C14H22N2O/c1-11(2)16-14(8-9-15-16)13-7-5-3-4-6-12(13)10-17/h8-9,11,17H,3-7,10H2,1-2H3. The highest BCUT2D eigenvalue weighted by Gasteiger charge is 2.16. The topological polar surface area (TPSA) is 38.0 Å². The number of aromatic nitrogens is 2. The third-order valence-corrected chi connectivity index (χ3v) is 3.49. The number of hydrogen-bond donors (Lipinski definition) is 1. The fourth-order valence-corrected chi connectivity index (χ4v) is 2.59. The van der Waals surface area contributed by atoms with Crippen molar-refractivity contribution in [1.82, 2.24) is 9.78 Å². The van der Waals surface area contributed by atoms with Crippen LogP contribution in [0.5, 0.6) is 0 Å². The molecule has 0 amide bonds. The van der Waals surface area contributed by atoms with Crippen LogP contribution in [0.3, 0.4) is 0 Å². The van der Waals surface area contributed by atoms with Crippen molar-refractivity contribution in [1.29, 1.82) is 0 Å². The molecule has 94 valence electrons. The van der Waals surface area contributed by atoms with Crippen molar-refractivity contribution < 1.29 is 5.11 Å². The third-order valence-electron chi connectivity index (χ3n) is 3.49. The van der Waals surface area contributed by atoms with Crippen LogP contribution in [0.1, 0.15) is 57.7 Å². The van der Waals surface area contributed by atoms with Gasteiger partial charge < -0.3 is 5.11 Å². The van der Waals surface area contributed by atoms with Crippen molar-refractivity contribution in [3.8, 4) is 0 Å². The van der Waals surface area contributed by atoms with Crippen LogP contribution >= 0.6 is 0 Å². The fourth-order valence-electron chi connectivity index (χ4n) is 2.59. The Bertz CT molecular complexity index is 404. The number of aliphatic hydroxyl groups excluding tert-OH is 1. The smallest absolute Gasteiger partial charge is 0.0648 e. The summed E-state index contributed by atoms with van der Waals surface area (Å²) < 4.78 is 2.07. The molecule has 1 N–H and O–H groups in total. The van der Waals surface area contributed by atoms with Crippen LogP contribution in [0.4, 0.5) is 0 Å². The first-order valence-electron chi connectivity index (χ1n) is 6.59. The van der Waals surface area contributed by atoms with Gasteiger partial charge in [0.15, 0.2) is 0 Å². The summed E-state index contributed by atoms with van der Waals surface area (Å²) in [6.45, 7) is 4.48. The minimum atomic E-state index is 0.193. The minimum Gasteiger partial charge on any atom is -0.392 e. The lowest BCUT2D eigenvalue weighted by Gasteiger charge is -2.15. The van der Waals surface area contributed by atoms with E-state index >= 15 is 0 Å². The monoisotopic (exact) mass is 234 g/mol. The predicted octanol–water partition coefficient (Wildman–Crippen LogP) is 3.17. The van der Waals surface area contributed by atoms with E-state index in [0.717, 1.165) is 12.8 Å². The van der Waals surface area contributed by atoms with E-state index in [1.807, 2.05) is 6.20 Å². The molecular weight excluding hydrogens is 212 g/mol. The van der Waals surface area contributed by atoms with Crippen molar-refractivity contribution in [2.75, 3.05) is 6.61 Å². The molecule has 1 aliphatic rings. The number of rotatable bonds is 3. The Labute approximate surface area is 103 Å². The summed E-state index contributed by atoms with van der Waals surface area (Å²) in [4.78, 5) is 0. The number of allylic oxidation sites excluding steroid dienone is 1. The molecule has 0 unspecified atom stereocenters. The molecule has 0 spiro atoms. The second-order valence-electron chi connectivity index (χ2n) is 5.06. The van der Waals surface area contributed by atoms with Gasteiger partial charge >= 0.3 is 0 Å². The SMILES string of the molecule is CC(C)n1nccc1C1=C(CO)CCCCC1. The Kier molecular flexibility index (Phi) is 4.00. The van der Waals surface area contributed by atoms with E-state index in [2.05, 4.69) is 29.7 Å². The molecule has 3 nitrogen and oxygen atoms in total. The Morgan fingerprint density at radius 3 is 2.76 bits per heavy atom. The average Bonchev–Trinajstić information content (AvgIpc) is 2.68. The normalized spacial score (nSPS) is 17.6. The molecule has 0 saturated carbocycles. The molecule has 3 heteroatoms. The number of nitrogens with zero attached hydrogens (tertiary/aromatic N) is 2. The Hall–Kier alpha value is -1.09. The van der Waals surface area contributed by atoms with Crippen LogP contribution in [-0.4, -0.2) is 21.5 Å². The Balaban J connectivity index is 2.41. The number of hydrogen-bond acceptors (Lipinski definition) is 2. The predicted molar refractivity (Wildman–Crippen MR) is 69.7 cm³/mol. The van der Waals surface area contributed by atoms with Crippen LogP contribution in [0.15, 0.2) is 17.8 Å². The maximum Gasteiger partial charge on any atom is 0.0648 e. The van der Waals surface area contributed by atoms with Crippen molar-refractivity contribution >= 4 is 5.57 Å². The highest BCUT2D eigenvalue weighted by molar-refractivity contribution is 5.66. The molecule has 1 aromatic heterocycles. The molecule has 2 rings (SSSR count). The first-order valence-corrected chi connectivity index (χ1v) is 6.59. The van der Waals surface area contributed by atoms with E-state index < -0.39 is 0 Å². The summed E-state index contributed by atoms with van der Waals surface area (Å²) in [5, 5.41) is 13.9. The Morgan fingerprint density at radius 1 is 1.29 bits per heavy atom. The zero-order chi connectivity index (χ0) is 12.3. The number of aliphatic hydroxyl groups is 1. The molecule has 1 aromatic rings. The summed E-state index contributed by atoms with van der Waals surface area (Å²) in [5.41, 5.74) is 3.74. The summed E-state index contributed by atoms with van der Waals surface area (Å²) in [6.07, 6.45) is 7.67. The van der Waals surface area contributed by atoms with Gasteiger partial charge in [0.2, 0.25) is 0 Å². The molecule has 1 aliphatic carbocycles. The molecule has 0 saturated heterocycles. The van der Waals surface area contributed by atoms with Crippen molar-refractivity contribution in [2.45, 2.75) is 52.0 Å². The van der Waals surface area contributed by atoms with Gasteiger partial charge in [0.1, 0.15) is 0 Å². The van der Waals surface area contributed by atoms with E-state index in [0.29, 0.717) is 6.04 Å².